The van der Waals surface area contributed by atoms with Gasteiger partial charge in [-0.3, -0.25) is 9.48 Å². The summed E-state index contributed by atoms with van der Waals surface area (Å²) >= 11 is 0. The third kappa shape index (κ3) is 2.18. The van der Waals surface area contributed by atoms with E-state index in [4.69, 9.17) is 0 Å². The van der Waals surface area contributed by atoms with Crippen molar-refractivity contribution in [1.29, 1.82) is 0 Å². The van der Waals surface area contributed by atoms with Crippen molar-refractivity contribution in [3.05, 3.63) is 18.0 Å². The summed E-state index contributed by atoms with van der Waals surface area (Å²) < 4.78 is 1.71. The first-order valence-corrected chi connectivity index (χ1v) is 3.71. The molecule has 1 aromatic rings. The highest BCUT2D eigenvalue weighted by Gasteiger charge is 2.01. The number of carbonyl (C=O) groups is 1. The van der Waals surface area contributed by atoms with Gasteiger partial charge in [-0.2, -0.15) is 5.10 Å². The van der Waals surface area contributed by atoms with Gasteiger partial charge in [0.05, 0.1) is 6.20 Å². The van der Waals surface area contributed by atoms with Crippen LogP contribution >= 0.6 is 0 Å². The van der Waals surface area contributed by atoms with E-state index in [0.717, 1.165) is 5.56 Å². The second kappa shape index (κ2) is 3.32. The molecule has 3 nitrogen and oxygen atoms in total. The highest BCUT2D eigenvalue weighted by molar-refractivity contribution is 5.80. The van der Waals surface area contributed by atoms with Crippen LogP contribution in [0, 0.1) is 0 Å². The van der Waals surface area contributed by atoms with Crippen LogP contribution in [0.1, 0.15) is 18.9 Å². The first kappa shape index (κ1) is 7.98. The van der Waals surface area contributed by atoms with E-state index in [1.165, 1.54) is 0 Å². The maximum Gasteiger partial charge on any atom is 0.137 e. The molecule has 0 bridgehead atoms. The van der Waals surface area contributed by atoms with E-state index in [0.29, 0.717) is 12.8 Å². The van der Waals surface area contributed by atoms with Crippen LogP contribution in [-0.2, 0) is 18.3 Å². The molecule has 0 amide bonds. The molecule has 0 aromatic carbocycles. The Morgan fingerprint density at radius 3 is 2.91 bits per heavy atom. The molecule has 1 heterocycles. The lowest BCUT2D eigenvalue weighted by molar-refractivity contribution is -0.118. The molecule has 11 heavy (non-hydrogen) atoms. The molecule has 0 unspecified atom stereocenters. The van der Waals surface area contributed by atoms with Gasteiger partial charge >= 0.3 is 0 Å². The number of aryl methyl sites for hydroxylation is 1. The molecule has 0 saturated carbocycles. The Bertz CT molecular complexity index is 252. The summed E-state index contributed by atoms with van der Waals surface area (Å²) in [7, 11) is 1.85. The van der Waals surface area contributed by atoms with Crippen LogP contribution in [0.15, 0.2) is 12.4 Å². The number of hydrogen-bond donors (Lipinski definition) is 0. The molecule has 0 spiro atoms. The highest BCUT2D eigenvalue weighted by Crippen LogP contribution is 1.99. The Labute approximate surface area is 66.0 Å². The van der Waals surface area contributed by atoms with Gasteiger partial charge in [-0.05, 0) is 5.56 Å². The monoisotopic (exact) mass is 152 g/mol. The van der Waals surface area contributed by atoms with Gasteiger partial charge in [0.2, 0.25) is 0 Å². The predicted molar refractivity (Wildman–Crippen MR) is 42.2 cm³/mol. The fourth-order valence-corrected chi connectivity index (χ4v) is 0.916. The summed E-state index contributed by atoms with van der Waals surface area (Å²) in [6, 6.07) is 0. The van der Waals surface area contributed by atoms with Gasteiger partial charge in [-0.1, -0.05) is 6.92 Å². The standard InChI is InChI=1S/C8H12N2O/c1-3-8(11)4-7-5-9-10(2)6-7/h5-6H,3-4H2,1-2H3. The number of aromatic nitrogens is 2. The zero-order valence-corrected chi connectivity index (χ0v) is 6.87. The van der Waals surface area contributed by atoms with Crippen LogP contribution in [0.3, 0.4) is 0 Å². The fourth-order valence-electron chi connectivity index (χ4n) is 0.916. The van der Waals surface area contributed by atoms with Crippen molar-refractivity contribution in [1.82, 2.24) is 9.78 Å². The second-order valence-corrected chi connectivity index (χ2v) is 2.59. The quantitative estimate of drug-likeness (QED) is 0.646. The van der Waals surface area contributed by atoms with E-state index in [9.17, 15) is 4.79 Å². The molecule has 0 atom stereocenters. The van der Waals surface area contributed by atoms with E-state index in [2.05, 4.69) is 5.10 Å². The van der Waals surface area contributed by atoms with E-state index in [1.807, 2.05) is 20.2 Å². The van der Waals surface area contributed by atoms with Crippen molar-refractivity contribution in [3.63, 3.8) is 0 Å². The summed E-state index contributed by atoms with van der Waals surface area (Å²) in [6.45, 7) is 1.87. The molecule has 60 valence electrons. The highest BCUT2D eigenvalue weighted by atomic mass is 16.1. The van der Waals surface area contributed by atoms with Crippen molar-refractivity contribution < 1.29 is 4.79 Å². The number of nitrogens with zero attached hydrogens (tertiary/aromatic N) is 2. The van der Waals surface area contributed by atoms with Crippen molar-refractivity contribution in [3.8, 4) is 0 Å². The van der Waals surface area contributed by atoms with Gasteiger partial charge in [0.1, 0.15) is 5.78 Å². The van der Waals surface area contributed by atoms with Crippen LogP contribution in [0.25, 0.3) is 0 Å². The summed E-state index contributed by atoms with van der Waals surface area (Å²) in [5.41, 5.74) is 0.999. The van der Waals surface area contributed by atoms with Crippen LogP contribution in [-0.4, -0.2) is 15.6 Å². The third-order valence-electron chi connectivity index (χ3n) is 1.55. The zero-order chi connectivity index (χ0) is 8.27. The van der Waals surface area contributed by atoms with Gasteiger partial charge in [0.25, 0.3) is 0 Å². The summed E-state index contributed by atoms with van der Waals surface area (Å²) in [4.78, 5) is 11.0. The Morgan fingerprint density at radius 1 is 1.73 bits per heavy atom. The molecule has 0 N–H and O–H groups in total. The van der Waals surface area contributed by atoms with E-state index in [1.54, 1.807) is 10.9 Å². The van der Waals surface area contributed by atoms with Gasteiger partial charge < -0.3 is 0 Å². The Balaban J connectivity index is 2.57. The lowest BCUT2D eigenvalue weighted by Crippen LogP contribution is -1.98. The molecule has 0 saturated heterocycles. The molecule has 1 rings (SSSR count). The van der Waals surface area contributed by atoms with Crippen molar-refractivity contribution in [2.75, 3.05) is 0 Å². The summed E-state index contributed by atoms with van der Waals surface area (Å²) in [5.74, 6) is 0.262. The first-order valence-electron chi connectivity index (χ1n) is 3.71. The smallest absolute Gasteiger partial charge is 0.137 e. The van der Waals surface area contributed by atoms with E-state index < -0.39 is 0 Å². The third-order valence-corrected chi connectivity index (χ3v) is 1.55. The molecular formula is C8H12N2O. The molecule has 0 aliphatic heterocycles. The van der Waals surface area contributed by atoms with Crippen molar-refractivity contribution in [2.45, 2.75) is 19.8 Å². The van der Waals surface area contributed by atoms with Crippen LogP contribution in [0.4, 0.5) is 0 Å². The zero-order valence-electron chi connectivity index (χ0n) is 6.87. The SMILES string of the molecule is CCC(=O)Cc1cnn(C)c1. The largest absolute Gasteiger partial charge is 0.299 e. The molecule has 0 fully saturated rings. The normalized spacial score (nSPS) is 10.0. The Morgan fingerprint density at radius 2 is 2.45 bits per heavy atom. The van der Waals surface area contributed by atoms with Crippen LogP contribution in [0.2, 0.25) is 0 Å². The minimum atomic E-state index is 0.262. The van der Waals surface area contributed by atoms with Gasteiger partial charge in [-0.15, -0.1) is 0 Å². The lowest BCUT2D eigenvalue weighted by atomic mass is 10.1. The Hall–Kier alpha value is -1.12. The molecule has 0 radical (unpaired) electrons. The lowest BCUT2D eigenvalue weighted by Gasteiger charge is -1.90. The minimum absolute atomic E-state index is 0.262. The van der Waals surface area contributed by atoms with Crippen LogP contribution < -0.4 is 0 Å². The van der Waals surface area contributed by atoms with Crippen LogP contribution in [0.5, 0.6) is 0 Å². The first-order chi connectivity index (χ1) is 5.22. The molecular weight excluding hydrogens is 140 g/mol. The number of hydrogen-bond acceptors (Lipinski definition) is 2. The predicted octanol–water partition coefficient (Wildman–Crippen LogP) is 0.942. The minimum Gasteiger partial charge on any atom is -0.299 e. The summed E-state index contributed by atoms with van der Waals surface area (Å²) in [5, 5.41) is 3.97. The number of Topliss-reactive ketones (excluding diaryl/α,β-unsaturated/α-hetero) is 1. The maximum absolute atomic E-state index is 11.0. The molecule has 0 aliphatic rings. The average Bonchev–Trinajstić information content (AvgIpc) is 2.35. The summed E-state index contributed by atoms with van der Waals surface area (Å²) in [6.07, 6.45) is 4.72. The van der Waals surface area contributed by atoms with E-state index >= 15 is 0 Å². The molecule has 1 aromatic heterocycles. The number of ketones is 1. The van der Waals surface area contributed by atoms with Gasteiger partial charge in [0, 0.05) is 26.1 Å². The topological polar surface area (TPSA) is 34.9 Å². The second-order valence-electron chi connectivity index (χ2n) is 2.59. The van der Waals surface area contributed by atoms with Gasteiger partial charge in [-0.25, -0.2) is 0 Å². The maximum atomic E-state index is 11.0. The Kier molecular flexibility index (Phi) is 2.41. The van der Waals surface area contributed by atoms with Crippen molar-refractivity contribution in [2.24, 2.45) is 7.05 Å². The number of rotatable bonds is 3. The van der Waals surface area contributed by atoms with Crippen molar-refractivity contribution >= 4 is 5.78 Å². The molecule has 3 heteroatoms. The molecule has 0 aliphatic carbocycles. The van der Waals surface area contributed by atoms with E-state index in [-0.39, 0.29) is 5.78 Å². The average molecular weight is 152 g/mol. The van der Waals surface area contributed by atoms with Gasteiger partial charge in [0.15, 0.2) is 0 Å². The number of carbonyl (C=O) groups excluding carboxylic acids is 1. The fraction of sp³-hybridized carbons (Fsp3) is 0.500.